The Kier molecular flexibility index (Phi) is 3.81. The topological polar surface area (TPSA) is 73.8 Å². The maximum atomic E-state index is 13.8. The Balaban J connectivity index is 1.50. The standard InChI is InChI=1S/C16H18FN7/c1-11-8-24(16-13-6-21-22-15(13)19-10-20-16)5-4-23(11)9-12-2-3-18-7-14(12)17/h2-3,6-7,10-11H,4-5,8-9H2,1H3,(H,19,20,21,22). The second-order valence-corrected chi connectivity index (χ2v) is 6.06. The minimum Gasteiger partial charge on any atom is -0.353 e. The number of H-pyrrole nitrogens is 1. The Hall–Kier alpha value is -2.61. The van der Waals surface area contributed by atoms with Crippen LogP contribution in [-0.2, 0) is 6.54 Å². The fourth-order valence-corrected chi connectivity index (χ4v) is 3.18. The Morgan fingerprint density at radius 2 is 2.21 bits per heavy atom. The van der Waals surface area contributed by atoms with E-state index in [9.17, 15) is 4.39 Å². The molecule has 0 radical (unpaired) electrons. The van der Waals surface area contributed by atoms with Gasteiger partial charge in [0.05, 0.1) is 17.8 Å². The molecule has 0 aliphatic carbocycles. The molecular formula is C16H18FN7. The summed E-state index contributed by atoms with van der Waals surface area (Å²) in [7, 11) is 0. The van der Waals surface area contributed by atoms with Crippen LogP contribution in [-0.4, -0.2) is 55.7 Å². The lowest BCUT2D eigenvalue weighted by Gasteiger charge is -2.40. The van der Waals surface area contributed by atoms with Crippen LogP contribution >= 0.6 is 0 Å². The molecule has 1 unspecified atom stereocenters. The molecule has 4 rings (SSSR count). The molecule has 3 aromatic heterocycles. The van der Waals surface area contributed by atoms with Crippen molar-refractivity contribution in [3.05, 3.63) is 42.4 Å². The normalized spacial score (nSPS) is 19.1. The lowest BCUT2D eigenvalue weighted by Crippen LogP contribution is -2.51. The van der Waals surface area contributed by atoms with E-state index in [1.54, 1.807) is 24.8 Å². The number of hydrogen-bond donors (Lipinski definition) is 1. The van der Waals surface area contributed by atoms with Crippen molar-refractivity contribution < 1.29 is 4.39 Å². The number of piperazine rings is 1. The highest BCUT2D eigenvalue weighted by molar-refractivity contribution is 5.86. The number of rotatable bonds is 3. The number of halogens is 1. The smallest absolute Gasteiger partial charge is 0.160 e. The van der Waals surface area contributed by atoms with E-state index < -0.39 is 0 Å². The Morgan fingerprint density at radius 3 is 3.04 bits per heavy atom. The number of hydrogen-bond acceptors (Lipinski definition) is 6. The number of fused-ring (bicyclic) bond motifs is 1. The first-order chi connectivity index (χ1) is 11.7. The first-order valence-corrected chi connectivity index (χ1v) is 7.94. The zero-order valence-electron chi connectivity index (χ0n) is 13.4. The maximum Gasteiger partial charge on any atom is 0.160 e. The molecule has 0 bridgehead atoms. The predicted molar refractivity (Wildman–Crippen MR) is 88.0 cm³/mol. The van der Waals surface area contributed by atoms with Gasteiger partial charge in [0, 0.05) is 44.0 Å². The predicted octanol–water partition coefficient (Wildman–Crippen LogP) is 1.60. The molecular weight excluding hydrogens is 309 g/mol. The van der Waals surface area contributed by atoms with E-state index in [0.29, 0.717) is 12.1 Å². The van der Waals surface area contributed by atoms with Crippen molar-refractivity contribution in [2.45, 2.75) is 19.5 Å². The van der Waals surface area contributed by atoms with Gasteiger partial charge in [-0.1, -0.05) is 0 Å². The summed E-state index contributed by atoms with van der Waals surface area (Å²) in [4.78, 5) is 16.9. The van der Waals surface area contributed by atoms with Crippen molar-refractivity contribution in [1.82, 2.24) is 30.0 Å². The lowest BCUT2D eigenvalue weighted by atomic mass is 10.1. The summed E-state index contributed by atoms with van der Waals surface area (Å²) in [5, 5.41) is 7.85. The van der Waals surface area contributed by atoms with Crippen LogP contribution in [0.15, 0.2) is 31.0 Å². The van der Waals surface area contributed by atoms with Gasteiger partial charge in [-0.25, -0.2) is 14.4 Å². The first kappa shape index (κ1) is 14.9. The SMILES string of the molecule is CC1CN(c2ncnc3[nH]ncc23)CCN1Cc1ccncc1F. The largest absolute Gasteiger partial charge is 0.353 e. The third-order valence-electron chi connectivity index (χ3n) is 4.52. The molecule has 124 valence electrons. The molecule has 1 saturated heterocycles. The summed E-state index contributed by atoms with van der Waals surface area (Å²) >= 11 is 0. The summed E-state index contributed by atoms with van der Waals surface area (Å²) in [6, 6.07) is 2.02. The first-order valence-electron chi connectivity index (χ1n) is 7.94. The van der Waals surface area contributed by atoms with Crippen molar-refractivity contribution in [3.8, 4) is 0 Å². The van der Waals surface area contributed by atoms with Crippen LogP contribution in [0, 0.1) is 5.82 Å². The summed E-state index contributed by atoms with van der Waals surface area (Å²) in [6.45, 7) is 5.23. The zero-order valence-corrected chi connectivity index (χ0v) is 13.4. The zero-order chi connectivity index (χ0) is 16.5. The third-order valence-corrected chi connectivity index (χ3v) is 4.52. The molecule has 1 aliphatic rings. The number of nitrogens with one attached hydrogen (secondary N) is 1. The Morgan fingerprint density at radius 1 is 1.29 bits per heavy atom. The number of aromatic amines is 1. The summed E-state index contributed by atoms with van der Waals surface area (Å²) in [5.74, 6) is 0.651. The molecule has 1 atom stereocenters. The van der Waals surface area contributed by atoms with E-state index in [4.69, 9.17) is 0 Å². The van der Waals surface area contributed by atoms with E-state index in [1.165, 1.54) is 6.20 Å². The van der Waals surface area contributed by atoms with E-state index in [1.807, 2.05) is 0 Å². The van der Waals surface area contributed by atoms with Crippen molar-refractivity contribution in [1.29, 1.82) is 0 Å². The molecule has 1 aliphatic heterocycles. The van der Waals surface area contributed by atoms with E-state index >= 15 is 0 Å². The molecule has 7 nitrogen and oxygen atoms in total. The molecule has 1 fully saturated rings. The third kappa shape index (κ3) is 2.69. The Bertz CT molecular complexity index is 849. The second-order valence-electron chi connectivity index (χ2n) is 6.06. The average Bonchev–Trinajstić information content (AvgIpc) is 3.07. The second kappa shape index (κ2) is 6.12. The molecule has 0 spiro atoms. The minimum atomic E-state index is -0.247. The average molecular weight is 327 g/mol. The van der Waals surface area contributed by atoms with Gasteiger partial charge >= 0.3 is 0 Å². The lowest BCUT2D eigenvalue weighted by molar-refractivity contribution is 0.178. The molecule has 3 aromatic rings. The summed E-state index contributed by atoms with van der Waals surface area (Å²) in [5.41, 5.74) is 1.43. The van der Waals surface area contributed by atoms with Gasteiger partial charge in [-0.15, -0.1) is 0 Å². The van der Waals surface area contributed by atoms with Crippen molar-refractivity contribution in [2.24, 2.45) is 0 Å². The maximum absolute atomic E-state index is 13.8. The fraction of sp³-hybridized carbons (Fsp3) is 0.375. The van der Waals surface area contributed by atoms with Crippen LogP contribution in [0.4, 0.5) is 10.2 Å². The van der Waals surface area contributed by atoms with Gasteiger partial charge in [0.2, 0.25) is 0 Å². The molecule has 0 saturated carbocycles. The van der Waals surface area contributed by atoms with Crippen LogP contribution in [0.2, 0.25) is 0 Å². The summed E-state index contributed by atoms with van der Waals surface area (Å²) in [6.07, 6.45) is 6.22. The number of nitrogens with zero attached hydrogens (tertiary/aromatic N) is 6. The van der Waals surface area contributed by atoms with E-state index in [-0.39, 0.29) is 11.9 Å². The van der Waals surface area contributed by atoms with Crippen LogP contribution in [0.25, 0.3) is 11.0 Å². The quantitative estimate of drug-likeness (QED) is 0.788. The van der Waals surface area contributed by atoms with E-state index in [2.05, 4.69) is 41.9 Å². The molecule has 1 N–H and O–H groups in total. The highest BCUT2D eigenvalue weighted by Crippen LogP contribution is 2.24. The molecule has 0 aromatic carbocycles. The number of pyridine rings is 1. The van der Waals surface area contributed by atoms with Gasteiger partial charge in [0.1, 0.15) is 18.0 Å². The fourth-order valence-electron chi connectivity index (χ4n) is 3.18. The van der Waals surface area contributed by atoms with Gasteiger partial charge in [0.25, 0.3) is 0 Å². The Labute approximate surface area is 138 Å². The highest BCUT2D eigenvalue weighted by Gasteiger charge is 2.26. The molecule has 0 amide bonds. The number of anilines is 1. The minimum absolute atomic E-state index is 0.247. The number of aromatic nitrogens is 5. The van der Waals surface area contributed by atoms with Crippen LogP contribution in [0.5, 0.6) is 0 Å². The molecule has 4 heterocycles. The van der Waals surface area contributed by atoms with Crippen molar-refractivity contribution >= 4 is 16.9 Å². The van der Waals surface area contributed by atoms with Gasteiger partial charge in [-0.3, -0.25) is 15.0 Å². The van der Waals surface area contributed by atoms with Gasteiger partial charge in [-0.05, 0) is 13.0 Å². The molecule has 24 heavy (non-hydrogen) atoms. The van der Waals surface area contributed by atoms with Crippen LogP contribution < -0.4 is 4.90 Å². The van der Waals surface area contributed by atoms with Crippen LogP contribution in [0.1, 0.15) is 12.5 Å². The van der Waals surface area contributed by atoms with Crippen molar-refractivity contribution in [2.75, 3.05) is 24.5 Å². The molecule has 8 heteroatoms. The summed E-state index contributed by atoms with van der Waals surface area (Å²) < 4.78 is 13.8. The van der Waals surface area contributed by atoms with E-state index in [0.717, 1.165) is 36.5 Å². The van der Waals surface area contributed by atoms with Gasteiger partial charge in [-0.2, -0.15) is 5.10 Å². The highest BCUT2D eigenvalue weighted by atomic mass is 19.1. The van der Waals surface area contributed by atoms with Gasteiger partial charge < -0.3 is 4.90 Å². The van der Waals surface area contributed by atoms with Crippen molar-refractivity contribution in [3.63, 3.8) is 0 Å². The monoisotopic (exact) mass is 327 g/mol. The van der Waals surface area contributed by atoms with Crippen LogP contribution in [0.3, 0.4) is 0 Å². The van der Waals surface area contributed by atoms with Gasteiger partial charge in [0.15, 0.2) is 5.65 Å².